The van der Waals surface area contributed by atoms with Crippen molar-refractivity contribution in [3.8, 4) is 5.75 Å². The molecule has 0 spiro atoms. The summed E-state index contributed by atoms with van der Waals surface area (Å²) in [6, 6.07) is 5.13. The molecule has 1 aromatic rings. The van der Waals surface area contributed by atoms with Gasteiger partial charge in [0.2, 0.25) is 0 Å². The van der Waals surface area contributed by atoms with Crippen LogP contribution in [0.2, 0.25) is 0 Å². The summed E-state index contributed by atoms with van der Waals surface area (Å²) < 4.78 is 9.35. The normalized spacial score (nSPS) is 11.7. The van der Waals surface area contributed by atoms with Crippen molar-refractivity contribution < 1.29 is 24.2 Å². The van der Waals surface area contributed by atoms with Gasteiger partial charge in [-0.3, -0.25) is 4.79 Å². The van der Waals surface area contributed by atoms with E-state index in [0.717, 1.165) is 0 Å². The zero-order valence-electron chi connectivity index (χ0n) is 10.2. The van der Waals surface area contributed by atoms with Gasteiger partial charge in [-0.25, -0.2) is 4.79 Å². The second-order valence-corrected chi connectivity index (χ2v) is 3.52. The van der Waals surface area contributed by atoms with Crippen molar-refractivity contribution in [1.29, 1.82) is 0 Å². The maximum Gasteiger partial charge on any atom is 0.330 e. The zero-order valence-corrected chi connectivity index (χ0v) is 10.2. The lowest BCUT2D eigenvalue weighted by molar-refractivity contribution is -0.144. The molecule has 18 heavy (non-hydrogen) atoms. The number of hydrogen-bond acceptors (Lipinski definition) is 5. The summed E-state index contributed by atoms with van der Waals surface area (Å²) in [6.07, 6.45) is 0. The van der Waals surface area contributed by atoms with Crippen LogP contribution >= 0.6 is 0 Å². The van der Waals surface area contributed by atoms with E-state index in [2.05, 4.69) is 10.1 Å². The summed E-state index contributed by atoms with van der Waals surface area (Å²) in [5, 5.41) is 11.9. The van der Waals surface area contributed by atoms with Crippen molar-refractivity contribution in [1.82, 2.24) is 5.32 Å². The first-order valence-corrected chi connectivity index (χ1v) is 5.25. The SMILES string of the molecule is COC[C@@H](NC(=O)c1ccccc1O)C(=O)OC. The van der Waals surface area contributed by atoms with E-state index in [1.54, 1.807) is 12.1 Å². The summed E-state index contributed by atoms with van der Waals surface area (Å²) in [7, 11) is 2.62. The molecule has 0 saturated heterocycles. The molecular weight excluding hydrogens is 238 g/mol. The first kappa shape index (κ1) is 14.0. The van der Waals surface area contributed by atoms with Crippen LogP contribution < -0.4 is 5.32 Å². The van der Waals surface area contributed by atoms with Crippen molar-refractivity contribution in [3.63, 3.8) is 0 Å². The number of nitrogens with one attached hydrogen (secondary N) is 1. The van der Waals surface area contributed by atoms with Crippen LogP contribution in [0.15, 0.2) is 24.3 Å². The number of hydrogen-bond donors (Lipinski definition) is 2. The van der Waals surface area contributed by atoms with Gasteiger partial charge in [0.1, 0.15) is 5.75 Å². The van der Waals surface area contributed by atoms with Gasteiger partial charge in [0.25, 0.3) is 5.91 Å². The highest BCUT2D eigenvalue weighted by molar-refractivity contribution is 5.98. The van der Waals surface area contributed by atoms with Crippen LogP contribution in [-0.4, -0.2) is 43.9 Å². The van der Waals surface area contributed by atoms with Gasteiger partial charge in [0, 0.05) is 7.11 Å². The largest absolute Gasteiger partial charge is 0.507 e. The predicted octanol–water partition coefficient (Wildman–Crippen LogP) is 0.310. The number of methoxy groups -OCH3 is 2. The Labute approximate surface area is 105 Å². The topological polar surface area (TPSA) is 84.9 Å². The lowest BCUT2D eigenvalue weighted by Gasteiger charge is -2.15. The van der Waals surface area contributed by atoms with E-state index in [0.29, 0.717) is 0 Å². The van der Waals surface area contributed by atoms with Crippen LogP contribution in [0.4, 0.5) is 0 Å². The average Bonchev–Trinajstić information content (AvgIpc) is 2.37. The molecule has 0 aromatic heterocycles. The van der Waals surface area contributed by atoms with E-state index in [1.165, 1.54) is 26.4 Å². The molecule has 1 aromatic carbocycles. The van der Waals surface area contributed by atoms with Crippen molar-refractivity contribution in [2.24, 2.45) is 0 Å². The maximum absolute atomic E-state index is 11.8. The summed E-state index contributed by atoms with van der Waals surface area (Å²) in [6.45, 7) is -0.00793. The smallest absolute Gasteiger partial charge is 0.330 e. The minimum Gasteiger partial charge on any atom is -0.507 e. The molecule has 0 fully saturated rings. The van der Waals surface area contributed by atoms with Crippen LogP contribution in [0.3, 0.4) is 0 Å². The molecule has 0 radical (unpaired) electrons. The van der Waals surface area contributed by atoms with Crippen molar-refractivity contribution in [2.45, 2.75) is 6.04 Å². The third-order valence-electron chi connectivity index (χ3n) is 2.27. The van der Waals surface area contributed by atoms with E-state index < -0.39 is 17.9 Å². The number of para-hydroxylation sites is 1. The standard InChI is InChI=1S/C12H15NO5/c1-17-7-9(12(16)18-2)13-11(15)8-5-3-4-6-10(8)14/h3-6,9,14H,7H2,1-2H3,(H,13,15)/t9-/m1/s1. The van der Waals surface area contributed by atoms with Gasteiger partial charge < -0.3 is 19.9 Å². The summed E-state index contributed by atoms with van der Waals surface area (Å²) >= 11 is 0. The molecule has 0 bridgehead atoms. The highest BCUT2D eigenvalue weighted by atomic mass is 16.5. The molecule has 0 aliphatic rings. The number of benzene rings is 1. The van der Waals surface area contributed by atoms with Gasteiger partial charge >= 0.3 is 5.97 Å². The maximum atomic E-state index is 11.8. The summed E-state index contributed by atoms with van der Waals surface area (Å²) in [5.74, 6) is -1.34. The quantitative estimate of drug-likeness (QED) is 0.738. The number of phenolic OH excluding ortho intramolecular Hbond substituents is 1. The van der Waals surface area contributed by atoms with E-state index in [-0.39, 0.29) is 17.9 Å². The van der Waals surface area contributed by atoms with Crippen molar-refractivity contribution in [3.05, 3.63) is 29.8 Å². The predicted molar refractivity (Wildman–Crippen MR) is 63.3 cm³/mol. The molecule has 0 heterocycles. The van der Waals surface area contributed by atoms with Gasteiger partial charge in [0.15, 0.2) is 6.04 Å². The Morgan fingerprint density at radius 3 is 2.56 bits per heavy atom. The van der Waals surface area contributed by atoms with Gasteiger partial charge in [-0.05, 0) is 12.1 Å². The molecule has 1 atom stereocenters. The zero-order chi connectivity index (χ0) is 13.5. The fourth-order valence-electron chi connectivity index (χ4n) is 1.38. The number of rotatable bonds is 5. The highest BCUT2D eigenvalue weighted by Crippen LogP contribution is 2.15. The van der Waals surface area contributed by atoms with Gasteiger partial charge in [0.05, 0.1) is 19.3 Å². The number of esters is 1. The third kappa shape index (κ3) is 3.46. The van der Waals surface area contributed by atoms with E-state index >= 15 is 0 Å². The van der Waals surface area contributed by atoms with Crippen molar-refractivity contribution >= 4 is 11.9 Å². The van der Waals surface area contributed by atoms with E-state index in [9.17, 15) is 14.7 Å². The molecule has 0 unspecified atom stereocenters. The molecule has 98 valence electrons. The minimum atomic E-state index is -0.910. The lowest BCUT2D eigenvalue weighted by Crippen LogP contribution is -2.44. The molecule has 1 amide bonds. The van der Waals surface area contributed by atoms with Gasteiger partial charge in [-0.1, -0.05) is 12.1 Å². The number of carbonyl (C=O) groups excluding carboxylic acids is 2. The second-order valence-electron chi connectivity index (χ2n) is 3.52. The number of carbonyl (C=O) groups is 2. The number of ether oxygens (including phenoxy) is 2. The Morgan fingerprint density at radius 2 is 2.00 bits per heavy atom. The van der Waals surface area contributed by atoms with E-state index in [4.69, 9.17) is 4.74 Å². The number of amides is 1. The van der Waals surface area contributed by atoms with E-state index in [1.807, 2.05) is 0 Å². The Bertz CT molecular complexity index is 432. The molecule has 0 saturated carbocycles. The van der Waals surface area contributed by atoms with Crippen LogP contribution in [0, 0.1) is 0 Å². The molecule has 6 heteroatoms. The molecule has 1 rings (SSSR count). The highest BCUT2D eigenvalue weighted by Gasteiger charge is 2.22. The van der Waals surface area contributed by atoms with Crippen molar-refractivity contribution in [2.75, 3.05) is 20.8 Å². The Balaban J connectivity index is 2.79. The van der Waals surface area contributed by atoms with Gasteiger partial charge in [-0.2, -0.15) is 0 Å². The Kier molecular flexibility index (Phi) is 5.13. The summed E-state index contributed by atoms with van der Waals surface area (Å²) in [4.78, 5) is 23.2. The first-order valence-electron chi connectivity index (χ1n) is 5.25. The Morgan fingerprint density at radius 1 is 1.33 bits per heavy atom. The Hall–Kier alpha value is -2.08. The fraction of sp³-hybridized carbons (Fsp3) is 0.333. The third-order valence-corrected chi connectivity index (χ3v) is 2.27. The molecule has 6 nitrogen and oxygen atoms in total. The second kappa shape index (κ2) is 6.61. The number of aromatic hydroxyl groups is 1. The van der Waals surface area contributed by atoms with Gasteiger partial charge in [-0.15, -0.1) is 0 Å². The molecule has 2 N–H and O–H groups in total. The minimum absolute atomic E-state index is 0.00793. The van der Waals surface area contributed by atoms with Crippen LogP contribution in [0.25, 0.3) is 0 Å². The van der Waals surface area contributed by atoms with Crippen LogP contribution in [-0.2, 0) is 14.3 Å². The lowest BCUT2D eigenvalue weighted by atomic mass is 10.1. The fourth-order valence-corrected chi connectivity index (χ4v) is 1.38. The summed E-state index contributed by atoms with van der Waals surface area (Å²) in [5.41, 5.74) is 0.0857. The molecule has 0 aliphatic heterocycles. The first-order chi connectivity index (χ1) is 8.60. The number of phenols is 1. The van der Waals surface area contributed by atoms with Crippen LogP contribution in [0.5, 0.6) is 5.75 Å². The average molecular weight is 253 g/mol. The molecular formula is C12H15NO5. The monoisotopic (exact) mass is 253 g/mol. The van der Waals surface area contributed by atoms with Crippen LogP contribution in [0.1, 0.15) is 10.4 Å². The molecule has 0 aliphatic carbocycles.